The van der Waals surface area contributed by atoms with E-state index in [9.17, 15) is 19.4 Å². The van der Waals surface area contributed by atoms with Gasteiger partial charge in [0, 0.05) is 52.8 Å². The number of anilines is 1. The van der Waals surface area contributed by atoms with Crippen LogP contribution in [0.15, 0.2) is 12.1 Å². The van der Waals surface area contributed by atoms with Crippen LogP contribution < -0.4 is 4.90 Å². The molecule has 0 aliphatic carbocycles. The zero-order valence-electron chi connectivity index (χ0n) is 19.7. The van der Waals surface area contributed by atoms with Gasteiger partial charge in [-0.1, -0.05) is 13.8 Å². The SMILES string of the molecule is Cc1n[nH]c(C)c1Cc1sc2c(c1-c1ccc(F)c(CO)c1F)C(=O)N(C)C(O)N2CC(C)C. The number of nitrogens with one attached hydrogen (secondary N) is 1. The van der Waals surface area contributed by atoms with Crippen molar-refractivity contribution in [2.45, 2.75) is 47.1 Å². The van der Waals surface area contributed by atoms with Crippen LogP contribution in [0.4, 0.5) is 13.8 Å². The summed E-state index contributed by atoms with van der Waals surface area (Å²) in [6, 6.07) is 2.40. The number of halogens is 2. The number of hydrogen-bond acceptors (Lipinski definition) is 6. The lowest BCUT2D eigenvalue weighted by Crippen LogP contribution is -2.54. The highest BCUT2D eigenvalue weighted by Crippen LogP contribution is 2.48. The average Bonchev–Trinajstić information content (AvgIpc) is 3.31. The third-order valence-electron chi connectivity index (χ3n) is 6.18. The Bertz CT molecular complexity index is 1230. The molecule has 2 aromatic heterocycles. The van der Waals surface area contributed by atoms with E-state index >= 15 is 4.39 Å². The van der Waals surface area contributed by atoms with Crippen LogP contribution in [-0.2, 0) is 13.0 Å². The number of benzene rings is 1. The number of nitrogens with zero attached hydrogens (tertiary/aromatic N) is 3. The summed E-state index contributed by atoms with van der Waals surface area (Å²) in [5, 5.41) is 28.2. The first-order chi connectivity index (χ1) is 16.1. The molecule has 0 fully saturated rings. The van der Waals surface area contributed by atoms with Crippen LogP contribution in [0.2, 0.25) is 0 Å². The topological polar surface area (TPSA) is 92.7 Å². The highest BCUT2D eigenvalue weighted by Gasteiger charge is 2.40. The molecular formula is C24H28F2N4O3S. The molecule has 1 aliphatic rings. The van der Waals surface area contributed by atoms with Crippen LogP contribution in [0.5, 0.6) is 0 Å². The van der Waals surface area contributed by atoms with Crippen molar-refractivity contribution in [2.24, 2.45) is 5.92 Å². The second-order valence-corrected chi connectivity index (χ2v) is 10.1. The lowest BCUT2D eigenvalue weighted by Gasteiger charge is -2.40. The van der Waals surface area contributed by atoms with Crippen molar-refractivity contribution in [2.75, 3.05) is 18.5 Å². The van der Waals surface area contributed by atoms with E-state index in [1.165, 1.54) is 29.4 Å². The van der Waals surface area contributed by atoms with Crippen molar-refractivity contribution in [3.8, 4) is 11.1 Å². The molecule has 34 heavy (non-hydrogen) atoms. The number of aromatic nitrogens is 2. The maximum Gasteiger partial charge on any atom is 0.260 e. The second-order valence-electron chi connectivity index (χ2n) is 9.02. The Morgan fingerprint density at radius 3 is 2.50 bits per heavy atom. The van der Waals surface area contributed by atoms with E-state index in [-0.39, 0.29) is 17.0 Å². The minimum absolute atomic E-state index is 0.0411. The van der Waals surface area contributed by atoms with Gasteiger partial charge in [-0.3, -0.25) is 14.8 Å². The quantitative estimate of drug-likeness (QED) is 0.487. The Labute approximate surface area is 200 Å². The Morgan fingerprint density at radius 1 is 1.21 bits per heavy atom. The highest BCUT2D eigenvalue weighted by molar-refractivity contribution is 7.17. The molecule has 7 nitrogen and oxygen atoms in total. The molecule has 10 heteroatoms. The number of aliphatic hydroxyl groups is 2. The highest BCUT2D eigenvalue weighted by atomic mass is 32.1. The molecule has 3 heterocycles. The van der Waals surface area contributed by atoms with E-state index in [4.69, 9.17) is 0 Å². The van der Waals surface area contributed by atoms with Crippen LogP contribution in [0.1, 0.15) is 51.6 Å². The minimum Gasteiger partial charge on any atom is -0.391 e. The number of thiophene rings is 1. The maximum atomic E-state index is 15.5. The number of carbonyl (C=O) groups excluding carboxylic acids is 1. The molecule has 4 rings (SSSR count). The molecule has 0 saturated heterocycles. The monoisotopic (exact) mass is 490 g/mol. The largest absolute Gasteiger partial charge is 0.391 e. The Morgan fingerprint density at radius 2 is 1.91 bits per heavy atom. The predicted molar refractivity (Wildman–Crippen MR) is 127 cm³/mol. The zero-order valence-corrected chi connectivity index (χ0v) is 20.6. The summed E-state index contributed by atoms with van der Waals surface area (Å²) < 4.78 is 29.7. The fourth-order valence-electron chi connectivity index (χ4n) is 4.37. The third-order valence-corrected chi connectivity index (χ3v) is 7.40. The molecule has 1 aromatic carbocycles. The van der Waals surface area contributed by atoms with Gasteiger partial charge in [-0.2, -0.15) is 5.10 Å². The molecule has 1 unspecified atom stereocenters. The van der Waals surface area contributed by atoms with Gasteiger partial charge < -0.3 is 15.1 Å². The minimum atomic E-state index is -1.16. The molecule has 0 radical (unpaired) electrons. The summed E-state index contributed by atoms with van der Waals surface area (Å²) in [6.07, 6.45) is -0.792. The molecule has 0 spiro atoms. The van der Waals surface area contributed by atoms with Crippen molar-refractivity contribution < 1.29 is 23.8 Å². The summed E-state index contributed by atoms with van der Waals surface area (Å²) in [5.41, 5.74) is 2.77. The van der Waals surface area contributed by atoms with Gasteiger partial charge in [-0.15, -0.1) is 11.3 Å². The third kappa shape index (κ3) is 3.89. The Hall–Kier alpha value is -2.82. The van der Waals surface area contributed by atoms with Crippen LogP contribution in [-0.4, -0.2) is 51.2 Å². The molecule has 1 atom stereocenters. The number of amides is 1. The Balaban J connectivity index is 2.02. The van der Waals surface area contributed by atoms with Gasteiger partial charge >= 0.3 is 0 Å². The van der Waals surface area contributed by atoms with Gasteiger partial charge in [0.2, 0.25) is 6.35 Å². The number of hydrogen-bond donors (Lipinski definition) is 3. The first kappa shape index (κ1) is 24.3. The predicted octanol–water partition coefficient (Wildman–Crippen LogP) is 3.94. The van der Waals surface area contributed by atoms with Crippen molar-refractivity contribution in [1.82, 2.24) is 15.1 Å². The van der Waals surface area contributed by atoms with Crippen molar-refractivity contribution >= 4 is 22.2 Å². The van der Waals surface area contributed by atoms with Crippen molar-refractivity contribution in [1.29, 1.82) is 0 Å². The number of carbonyl (C=O) groups is 1. The molecule has 182 valence electrons. The van der Waals surface area contributed by atoms with E-state index in [2.05, 4.69) is 10.2 Å². The lowest BCUT2D eigenvalue weighted by atomic mass is 9.94. The molecular weight excluding hydrogens is 462 g/mol. The number of aromatic amines is 1. The molecule has 0 bridgehead atoms. The first-order valence-electron chi connectivity index (χ1n) is 11.0. The molecule has 0 saturated carbocycles. The van der Waals surface area contributed by atoms with Gasteiger partial charge in [0.1, 0.15) is 16.6 Å². The molecule has 3 aromatic rings. The second kappa shape index (κ2) is 9.09. The number of aryl methyl sites for hydroxylation is 2. The van der Waals surface area contributed by atoms with Crippen LogP contribution in [0, 0.1) is 31.4 Å². The summed E-state index contributed by atoms with van der Waals surface area (Å²) >= 11 is 1.31. The normalized spacial score (nSPS) is 16.1. The average molecular weight is 491 g/mol. The number of rotatable bonds is 6. The fraction of sp³-hybridized carbons (Fsp3) is 0.417. The number of H-pyrrole nitrogens is 1. The standard InChI is InChI=1S/C24H28F2N4O3S/c1-11(2)9-30-23-20(22(32)29(5)24(30)33)19(14-6-7-17(25)16(10-31)21(14)26)18(34-23)8-15-12(3)27-28-13(15)4/h6-7,11,24,31,33H,8-10H2,1-5H3,(H,27,28). The van der Waals surface area contributed by atoms with Crippen molar-refractivity contribution in [3.05, 3.63) is 56.7 Å². The molecule has 1 amide bonds. The summed E-state index contributed by atoms with van der Waals surface area (Å²) in [6.45, 7) is 7.43. The van der Waals surface area contributed by atoms with Gasteiger partial charge in [-0.05, 0) is 31.9 Å². The van der Waals surface area contributed by atoms with Gasteiger partial charge in [0.05, 0.1) is 17.9 Å². The van der Waals surface area contributed by atoms with E-state index in [1.807, 2.05) is 27.7 Å². The van der Waals surface area contributed by atoms with E-state index < -0.39 is 36.1 Å². The van der Waals surface area contributed by atoms with Gasteiger partial charge in [0.25, 0.3) is 5.91 Å². The zero-order chi connectivity index (χ0) is 24.9. The maximum absolute atomic E-state index is 15.5. The smallest absolute Gasteiger partial charge is 0.260 e. The van der Waals surface area contributed by atoms with Gasteiger partial charge in [0.15, 0.2) is 0 Å². The van der Waals surface area contributed by atoms with E-state index in [0.29, 0.717) is 28.4 Å². The number of aliphatic hydroxyl groups excluding tert-OH is 2. The van der Waals surface area contributed by atoms with E-state index in [0.717, 1.165) is 23.0 Å². The molecule has 1 aliphatic heterocycles. The first-order valence-corrected chi connectivity index (χ1v) is 11.8. The summed E-state index contributed by atoms with van der Waals surface area (Å²) in [5.74, 6) is -2.02. The summed E-state index contributed by atoms with van der Waals surface area (Å²) in [7, 11) is 1.49. The van der Waals surface area contributed by atoms with Gasteiger partial charge in [-0.25, -0.2) is 8.78 Å². The van der Waals surface area contributed by atoms with Crippen LogP contribution >= 0.6 is 11.3 Å². The van der Waals surface area contributed by atoms with E-state index in [1.54, 1.807) is 4.90 Å². The fourth-order valence-corrected chi connectivity index (χ4v) is 5.71. The lowest BCUT2D eigenvalue weighted by molar-refractivity contribution is 0.0133. The van der Waals surface area contributed by atoms with Crippen molar-refractivity contribution in [3.63, 3.8) is 0 Å². The Kier molecular flexibility index (Phi) is 6.50. The van der Waals surface area contributed by atoms with Crippen LogP contribution in [0.3, 0.4) is 0 Å². The number of fused-ring (bicyclic) bond motifs is 1. The van der Waals surface area contributed by atoms with Crippen LogP contribution in [0.25, 0.3) is 11.1 Å². The summed E-state index contributed by atoms with van der Waals surface area (Å²) in [4.78, 5) is 17.1. The molecule has 3 N–H and O–H groups in total.